The highest BCUT2D eigenvalue weighted by Crippen LogP contribution is 2.12. The van der Waals surface area contributed by atoms with Gasteiger partial charge in [-0.3, -0.25) is 0 Å². The van der Waals surface area contributed by atoms with E-state index in [2.05, 4.69) is 10.3 Å². The first-order chi connectivity index (χ1) is 8.84. The van der Waals surface area contributed by atoms with Crippen LogP contribution in [0.1, 0.15) is 37.7 Å². The van der Waals surface area contributed by atoms with Crippen molar-refractivity contribution in [2.24, 2.45) is 0 Å². The van der Waals surface area contributed by atoms with Gasteiger partial charge in [0.15, 0.2) is 0 Å². The molecular weight excluding hydrogens is 248 g/mol. The summed E-state index contributed by atoms with van der Waals surface area (Å²) in [5.41, 5.74) is 1.08. The maximum atomic E-state index is 5.72. The van der Waals surface area contributed by atoms with Gasteiger partial charge in [0.25, 0.3) is 0 Å². The molecule has 1 atom stereocenters. The van der Waals surface area contributed by atoms with Crippen LogP contribution < -0.4 is 5.32 Å². The van der Waals surface area contributed by atoms with Crippen molar-refractivity contribution in [2.45, 2.75) is 44.8 Å². The summed E-state index contributed by atoms with van der Waals surface area (Å²) in [5, 5.41) is 4.08. The van der Waals surface area contributed by atoms with Crippen molar-refractivity contribution < 1.29 is 4.74 Å². The summed E-state index contributed by atoms with van der Waals surface area (Å²) in [6.45, 7) is 2.63. The summed E-state index contributed by atoms with van der Waals surface area (Å²) in [5.74, 6) is 0. The summed E-state index contributed by atoms with van der Waals surface area (Å²) >= 11 is 5.72. The third-order valence-corrected chi connectivity index (χ3v) is 3.53. The lowest BCUT2D eigenvalue weighted by atomic mass is 10.0. The largest absolute Gasteiger partial charge is 0.377 e. The summed E-state index contributed by atoms with van der Waals surface area (Å²) in [6.07, 6.45) is 8.13. The minimum Gasteiger partial charge on any atom is -0.377 e. The van der Waals surface area contributed by atoms with Crippen molar-refractivity contribution in [1.82, 2.24) is 10.3 Å². The topological polar surface area (TPSA) is 34.1 Å². The molecule has 1 aromatic rings. The van der Waals surface area contributed by atoms with E-state index in [0.29, 0.717) is 17.8 Å². The number of ether oxygens (including phenoxy) is 1. The molecule has 2 rings (SSSR count). The molecule has 1 aromatic heterocycles. The van der Waals surface area contributed by atoms with Gasteiger partial charge in [0.2, 0.25) is 0 Å². The van der Waals surface area contributed by atoms with E-state index >= 15 is 0 Å². The molecule has 2 heterocycles. The molecule has 0 spiro atoms. The SMILES string of the molecule is Clc1ccc(COCCCC2CCCCN2)cn1. The van der Waals surface area contributed by atoms with Crippen molar-refractivity contribution in [1.29, 1.82) is 0 Å². The van der Waals surface area contributed by atoms with Crippen LogP contribution >= 0.6 is 11.6 Å². The molecule has 0 aromatic carbocycles. The number of hydrogen-bond acceptors (Lipinski definition) is 3. The lowest BCUT2D eigenvalue weighted by Crippen LogP contribution is -2.33. The van der Waals surface area contributed by atoms with Crippen LogP contribution in [0.5, 0.6) is 0 Å². The molecule has 1 unspecified atom stereocenters. The first-order valence-electron chi connectivity index (χ1n) is 6.76. The zero-order valence-electron chi connectivity index (χ0n) is 10.7. The van der Waals surface area contributed by atoms with Crippen LogP contribution in [0.15, 0.2) is 18.3 Å². The van der Waals surface area contributed by atoms with Crippen LogP contribution in [0.25, 0.3) is 0 Å². The second kappa shape index (κ2) is 7.72. The van der Waals surface area contributed by atoms with Gasteiger partial charge in [0.1, 0.15) is 5.15 Å². The van der Waals surface area contributed by atoms with Crippen molar-refractivity contribution in [2.75, 3.05) is 13.2 Å². The first kappa shape index (κ1) is 13.8. The maximum absolute atomic E-state index is 5.72. The molecule has 0 aliphatic carbocycles. The number of piperidine rings is 1. The quantitative estimate of drug-likeness (QED) is 0.636. The van der Waals surface area contributed by atoms with Gasteiger partial charge in [-0.25, -0.2) is 4.98 Å². The molecule has 0 bridgehead atoms. The van der Waals surface area contributed by atoms with Gasteiger partial charge in [-0.1, -0.05) is 24.1 Å². The van der Waals surface area contributed by atoms with Crippen LogP contribution in [0, 0.1) is 0 Å². The predicted octanol–water partition coefficient (Wildman–Crippen LogP) is 3.17. The Hall–Kier alpha value is -0.640. The number of nitrogens with zero attached hydrogens (tertiary/aromatic N) is 1. The fourth-order valence-electron chi connectivity index (χ4n) is 2.28. The van der Waals surface area contributed by atoms with E-state index in [9.17, 15) is 0 Å². The smallest absolute Gasteiger partial charge is 0.129 e. The number of hydrogen-bond donors (Lipinski definition) is 1. The Balaban J connectivity index is 1.54. The molecular formula is C14H21ClN2O. The molecule has 18 heavy (non-hydrogen) atoms. The fraction of sp³-hybridized carbons (Fsp3) is 0.643. The Bertz CT molecular complexity index is 336. The second-order valence-electron chi connectivity index (χ2n) is 4.83. The minimum atomic E-state index is 0.530. The Kier molecular flexibility index (Phi) is 5.91. The van der Waals surface area contributed by atoms with E-state index < -0.39 is 0 Å². The molecule has 100 valence electrons. The molecule has 1 N–H and O–H groups in total. The average Bonchev–Trinajstić information content (AvgIpc) is 2.42. The van der Waals surface area contributed by atoms with Crippen LogP contribution in [0.4, 0.5) is 0 Å². The lowest BCUT2D eigenvalue weighted by molar-refractivity contribution is 0.114. The second-order valence-corrected chi connectivity index (χ2v) is 5.22. The van der Waals surface area contributed by atoms with Gasteiger partial charge in [0, 0.05) is 18.8 Å². The Labute approximate surface area is 114 Å². The zero-order chi connectivity index (χ0) is 12.6. The molecule has 0 radical (unpaired) electrons. The average molecular weight is 269 g/mol. The number of nitrogens with one attached hydrogen (secondary N) is 1. The van der Waals surface area contributed by atoms with Crippen LogP contribution in [-0.2, 0) is 11.3 Å². The number of rotatable bonds is 6. The van der Waals surface area contributed by atoms with Crippen LogP contribution in [0.2, 0.25) is 5.15 Å². The van der Waals surface area contributed by atoms with Gasteiger partial charge >= 0.3 is 0 Å². The summed E-state index contributed by atoms with van der Waals surface area (Å²) < 4.78 is 5.64. The highest BCUT2D eigenvalue weighted by atomic mass is 35.5. The maximum Gasteiger partial charge on any atom is 0.129 e. The predicted molar refractivity (Wildman–Crippen MR) is 73.8 cm³/mol. The van der Waals surface area contributed by atoms with Gasteiger partial charge in [-0.2, -0.15) is 0 Å². The molecule has 1 aliphatic heterocycles. The monoisotopic (exact) mass is 268 g/mol. The molecule has 1 fully saturated rings. The van der Waals surface area contributed by atoms with Gasteiger partial charge < -0.3 is 10.1 Å². The van der Waals surface area contributed by atoms with E-state index in [0.717, 1.165) is 18.6 Å². The van der Waals surface area contributed by atoms with Gasteiger partial charge in [-0.05, 0) is 43.9 Å². The van der Waals surface area contributed by atoms with Crippen LogP contribution in [-0.4, -0.2) is 24.2 Å². The summed E-state index contributed by atoms with van der Waals surface area (Å²) in [4.78, 5) is 4.03. The van der Waals surface area contributed by atoms with E-state index in [4.69, 9.17) is 16.3 Å². The highest BCUT2D eigenvalue weighted by molar-refractivity contribution is 6.29. The highest BCUT2D eigenvalue weighted by Gasteiger charge is 2.11. The minimum absolute atomic E-state index is 0.530. The number of halogens is 1. The standard InChI is InChI=1S/C14H21ClN2O/c15-14-7-6-12(10-17-14)11-18-9-3-5-13-4-1-2-8-16-13/h6-7,10,13,16H,1-5,8-9,11H2. The van der Waals surface area contributed by atoms with E-state index in [1.807, 2.05) is 6.07 Å². The normalized spacial score (nSPS) is 19.9. The third-order valence-electron chi connectivity index (χ3n) is 3.31. The molecule has 3 nitrogen and oxygen atoms in total. The van der Waals surface area contributed by atoms with Crippen LogP contribution in [0.3, 0.4) is 0 Å². The lowest BCUT2D eigenvalue weighted by Gasteiger charge is -2.23. The Morgan fingerprint density at radius 3 is 3.06 bits per heavy atom. The molecule has 1 saturated heterocycles. The first-order valence-corrected chi connectivity index (χ1v) is 7.14. The summed E-state index contributed by atoms with van der Waals surface area (Å²) in [6, 6.07) is 4.46. The van der Waals surface area contributed by atoms with Gasteiger partial charge in [0.05, 0.1) is 6.61 Å². The van der Waals surface area contributed by atoms with Gasteiger partial charge in [-0.15, -0.1) is 0 Å². The third kappa shape index (κ3) is 4.92. The Morgan fingerprint density at radius 2 is 2.33 bits per heavy atom. The van der Waals surface area contributed by atoms with E-state index in [1.165, 1.54) is 32.2 Å². The number of pyridine rings is 1. The van der Waals surface area contributed by atoms with Crippen molar-refractivity contribution in [3.05, 3.63) is 29.0 Å². The fourth-order valence-corrected chi connectivity index (χ4v) is 2.40. The van der Waals surface area contributed by atoms with E-state index in [-0.39, 0.29) is 0 Å². The van der Waals surface area contributed by atoms with Crippen molar-refractivity contribution in [3.8, 4) is 0 Å². The van der Waals surface area contributed by atoms with E-state index in [1.54, 1.807) is 12.3 Å². The zero-order valence-corrected chi connectivity index (χ0v) is 11.5. The Morgan fingerprint density at radius 1 is 1.39 bits per heavy atom. The molecule has 0 amide bonds. The number of aromatic nitrogens is 1. The van der Waals surface area contributed by atoms with Crippen molar-refractivity contribution in [3.63, 3.8) is 0 Å². The summed E-state index contributed by atoms with van der Waals surface area (Å²) in [7, 11) is 0. The van der Waals surface area contributed by atoms with Crippen molar-refractivity contribution >= 4 is 11.6 Å². The molecule has 4 heteroatoms. The molecule has 0 saturated carbocycles. The molecule has 1 aliphatic rings.